The Bertz CT molecular complexity index is 513. The van der Waals surface area contributed by atoms with E-state index >= 15 is 0 Å². The number of hydrogen-bond donors (Lipinski definition) is 1. The predicted molar refractivity (Wildman–Crippen MR) is 85.2 cm³/mol. The fraction of sp³-hybridized carbons (Fsp3) is 0.562. The van der Waals surface area contributed by atoms with E-state index in [0.717, 1.165) is 56.7 Å². The summed E-state index contributed by atoms with van der Waals surface area (Å²) in [6.07, 6.45) is 2.03. The van der Waals surface area contributed by atoms with Crippen molar-refractivity contribution in [3.05, 3.63) is 34.4 Å². The Morgan fingerprint density at radius 2 is 2.05 bits per heavy atom. The maximum atomic E-state index is 11.6. The van der Waals surface area contributed by atoms with E-state index in [0.29, 0.717) is 6.61 Å². The van der Waals surface area contributed by atoms with Crippen molar-refractivity contribution in [2.24, 2.45) is 0 Å². The van der Waals surface area contributed by atoms with Gasteiger partial charge in [-0.05, 0) is 30.0 Å². The Morgan fingerprint density at radius 1 is 1.29 bits per heavy atom. The highest BCUT2D eigenvalue weighted by Gasteiger charge is 2.24. The second-order valence-corrected chi connectivity index (χ2v) is 5.50. The summed E-state index contributed by atoms with van der Waals surface area (Å²) in [7, 11) is 0. The zero-order chi connectivity index (χ0) is 13.9. The van der Waals surface area contributed by atoms with Gasteiger partial charge >= 0.3 is 5.97 Å². The van der Waals surface area contributed by atoms with Crippen LogP contribution in [-0.4, -0.2) is 43.6 Å². The maximum Gasteiger partial charge on any atom is 0.338 e. The zero-order valence-electron chi connectivity index (χ0n) is 12.5. The fourth-order valence-electron chi connectivity index (χ4n) is 3.20. The van der Waals surface area contributed by atoms with Crippen LogP contribution in [0.15, 0.2) is 12.1 Å². The molecule has 0 bridgehead atoms. The molecule has 5 heteroatoms. The predicted octanol–water partition coefficient (Wildman–Crippen LogP) is 1.79. The Balaban J connectivity index is 0.00000161. The minimum absolute atomic E-state index is 0. The molecule has 1 N–H and O–H groups in total. The van der Waals surface area contributed by atoms with E-state index in [-0.39, 0.29) is 18.4 Å². The summed E-state index contributed by atoms with van der Waals surface area (Å²) in [5, 5.41) is 3.38. The molecule has 21 heavy (non-hydrogen) atoms. The fourth-order valence-corrected chi connectivity index (χ4v) is 3.20. The summed E-state index contributed by atoms with van der Waals surface area (Å²) >= 11 is 0. The van der Waals surface area contributed by atoms with Gasteiger partial charge in [-0.3, -0.25) is 0 Å². The van der Waals surface area contributed by atoms with Gasteiger partial charge in [-0.15, -0.1) is 12.4 Å². The smallest absolute Gasteiger partial charge is 0.338 e. The van der Waals surface area contributed by atoms with Crippen LogP contribution in [0.3, 0.4) is 0 Å². The van der Waals surface area contributed by atoms with Crippen LogP contribution in [0.2, 0.25) is 0 Å². The lowest BCUT2D eigenvalue weighted by Crippen LogP contribution is -2.44. The van der Waals surface area contributed by atoms with Gasteiger partial charge in [-0.2, -0.15) is 0 Å². The highest BCUT2D eigenvalue weighted by atomic mass is 35.5. The van der Waals surface area contributed by atoms with Crippen molar-refractivity contribution in [3.63, 3.8) is 0 Å². The maximum absolute atomic E-state index is 11.6. The Hall–Kier alpha value is -1.10. The van der Waals surface area contributed by atoms with Crippen molar-refractivity contribution in [2.75, 3.05) is 32.7 Å². The highest BCUT2D eigenvalue weighted by molar-refractivity contribution is 5.94. The number of nitrogens with one attached hydrogen (secondary N) is 1. The van der Waals surface area contributed by atoms with Gasteiger partial charge in [-0.25, -0.2) is 4.79 Å². The van der Waals surface area contributed by atoms with Crippen LogP contribution in [-0.2, 0) is 24.2 Å². The first-order valence-corrected chi connectivity index (χ1v) is 7.53. The molecule has 0 atom stereocenters. The molecule has 1 saturated heterocycles. The van der Waals surface area contributed by atoms with Crippen molar-refractivity contribution in [3.8, 4) is 0 Å². The number of piperazine rings is 1. The number of rotatable bonds is 4. The molecule has 2 aliphatic rings. The van der Waals surface area contributed by atoms with Gasteiger partial charge < -0.3 is 15.0 Å². The van der Waals surface area contributed by atoms with E-state index in [2.05, 4.69) is 23.2 Å². The molecule has 116 valence electrons. The van der Waals surface area contributed by atoms with Crippen LogP contribution in [0.4, 0.5) is 0 Å². The summed E-state index contributed by atoms with van der Waals surface area (Å²) in [5.74, 6) is -0.164. The molecule has 1 aromatic carbocycles. The number of carbonyl (C=O) groups excluding carboxylic acids is 1. The molecular weight excluding hydrogens is 288 g/mol. The second kappa shape index (κ2) is 7.25. The zero-order valence-corrected chi connectivity index (χ0v) is 13.3. The number of cyclic esters (lactones) is 1. The summed E-state index contributed by atoms with van der Waals surface area (Å²) in [5.41, 5.74) is 4.59. The monoisotopic (exact) mass is 310 g/mol. The number of benzene rings is 1. The number of nitrogens with zero attached hydrogens (tertiary/aromatic N) is 1. The van der Waals surface area contributed by atoms with Crippen molar-refractivity contribution in [2.45, 2.75) is 26.4 Å². The third kappa shape index (κ3) is 3.39. The average molecular weight is 311 g/mol. The molecule has 0 unspecified atom stereocenters. The first kappa shape index (κ1) is 16.3. The number of fused-ring (bicyclic) bond motifs is 1. The standard InChI is InChI=1S/C16H22N2O2.ClH/c1-2-13-12(5-8-18-9-6-17-7-10-18)3-4-14-15(13)11-20-16(14)19;/h3-4,17H,2,5-11H2,1H3;1H. The molecule has 0 amide bonds. The number of hydrogen-bond acceptors (Lipinski definition) is 4. The van der Waals surface area contributed by atoms with Crippen LogP contribution in [0.5, 0.6) is 0 Å². The van der Waals surface area contributed by atoms with Gasteiger partial charge in [0.2, 0.25) is 0 Å². The quantitative estimate of drug-likeness (QED) is 0.861. The normalized spacial score (nSPS) is 18.0. The lowest BCUT2D eigenvalue weighted by Gasteiger charge is -2.27. The van der Waals surface area contributed by atoms with Gasteiger partial charge in [0.25, 0.3) is 0 Å². The molecule has 3 rings (SSSR count). The van der Waals surface area contributed by atoms with Gasteiger partial charge in [0.05, 0.1) is 5.56 Å². The molecular formula is C16H23ClN2O2. The van der Waals surface area contributed by atoms with Crippen LogP contribution in [0.25, 0.3) is 0 Å². The lowest BCUT2D eigenvalue weighted by atomic mass is 9.94. The van der Waals surface area contributed by atoms with Gasteiger partial charge in [0.1, 0.15) is 6.61 Å². The second-order valence-electron chi connectivity index (χ2n) is 5.50. The van der Waals surface area contributed by atoms with Crippen molar-refractivity contribution in [1.29, 1.82) is 0 Å². The Labute approximate surface area is 132 Å². The van der Waals surface area contributed by atoms with Gasteiger partial charge in [0.15, 0.2) is 0 Å². The third-order valence-electron chi connectivity index (χ3n) is 4.36. The van der Waals surface area contributed by atoms with E-state index < -0.39 is 0 Å². The van der Waals surface area contributed by atoms with Crippen LogP contribution in [0, 0.1) is 0 Å². The van der Waals surface area contributed by atoms with E-state index in [1.54, 1.807) is 0 Å². The summed E-state index contributed by atoms with van der Waals surface area (Å²) in [4.78, 5) is 14.1. The lowest BCUT2D eigenvalue weighted by molar-refractivity contribution is 0.0535. The third-order valence-corrected chi connectivity index (χ3v) is 4.36. The minimum Gasteiger partial charge on any atom is -0.457 e. The summed E-state index contributed by atoms with van der Waals surface area (Å²) in [6, 6.07) is 4.06. The van der Waals surface area contributed by atoms with E-state index in [1.165, 1.54) is 11.1 Å². The van der Waals surface area contributed by atoms with E-state index in [1.807, 2.05) is 6.07 Å². The molecule has 0 spiro atoms. The first-order chi connectivity index (χ1) is 9.79. The molecule has 2 heterocycles. The van der Waals surface area contributed by atoms with Crippen molar-refractivity contribution >= 4 is 18.4 Å². The summed E-state index contributed by atoms with van der Waals surface area (Å²) < 4.78 is 5.16. The minimum atomic E-state index is -0.164. The highest BCUT2D eigenvalue weighted by Crippen LogP contribution is 2.27. The molecule has 1 aromatic rings. The molecule has 2 aliphatic heterocycles. The Morgan fingerprint density at radius 3 is 2.76 bits per heavy atom. The van der Waals surface area contributed by atoms with Gasteiger partial charge in [0, 0.05) is 38.3 Å². The molecule has 0 aromatic heterocycles. The van der Waals surface area contributed by atoms with E-state index in [4.69, 9.17) is 4.74 Å². The molecule has 1 fully saturated rings. The number of esters is 1. The number of ether oxygens (including phenoxy) is 1. The largest absolute Gasteiger partial charge is 0.457 e. The van der Waals surface area contributed by atoms with Gasteiger partial charge in [-0.1, -0.05) is 13.0 Å². The SMILES string of the molecule is CCc1c(CCN2CCNCC2)ccc2c1COC2=O.Cl. The number of carbonyl (C=O) groups is 1. The van der Waals surface area contributed by atoms with Crippen LogP contribution < -0.4 is 5.32 Å². The molecule has 0 aliphatic carbocycles. The number of halogens is 1. The molecule has 0 radical (unpaired) electrons. The van der Waals surface area contributed by atoms with E-state index in [9.17, 15) is 4.79 Å². The van der Waals surface area contributed by atoms with Crippen molar-refractivity contribution in [1.82, 2.24) is 10.2 Å². The van der Waals surface area contributed by atoms with Crippen LogP contribution in [0.1, 0.15) is 34.0 Å². The topological polar surface area (TPSA) is 41.6 Å². The van der Waals surface area contributed by atoms with Crippen LogP contribution >= 0.6 is 12.4 Å². The molecule has 4 nitrogen and oxygen atoms in total. The summed E-state index contributed by atoms with van der Waals surface area (Å²) in [6.45, 7) is 8.16. The van der Waals surface area contributed by atoms with Crippen molar-refractivity contribution < 1.29 is 9.53 Å². The molecule has 0 saturated carbocycles. The first-order valence-electron chi connectivity index (χ1n) is 7.53. The average Bonchev–Trinajstić information content (AvgIpc) is 2.87. The Kier molecular flexibility index (Phi) is 5.62.